The molecule has 0 aromatic carbocycles. The molecule has 0 bridgehead atoms. The second-order valence-corrected chi connectivity index (χ2v) is 9.65. The van der Waals surface area contributed by atoms with E-state index in [0.717, 1.165) is 6.20 Å². The molecule has 6 atom stereocenters. The van der Waals surface area contributed by atoms with E-state index in [2.05, 4.69) is 18.1 Å². The Bertz CT molecular complexity index is 1010. The fourth-order valence-electron chi connectivity index (χ4n) is 2.22. The van der Waals surface area contributed by atoms with Gasteiger partial charge in [0.1, 0.15) is 24.4 Å². The van der Waals surface area contributed by atoms with E-state index in [0.29, 0.717) is 0 Å². The summed E-state index contributed by atoms with van der Waals surface area (Å²) in [5.41, 5.74) is -2.19. The molecule has 1 aromatic rings. The first kappa shape index (κ1) is 38.9. The van der Waals surface area contributed by atoms with E-state index >= 15 is 0 Å². The van der Waals surface area contributed by atoms with Crippen molar-refractivity contribution in [3.05, 3.63) is 32.6 Å². The van der Waals surface area contributed by atoms with Crippen molar-refractivity contribution in [2.75, 3.05) is 6.61 Å². The number of hydrogen-bond donors (Lipinski definition) is 4. The van der Waals surface area contributed by atoms with Gasteiger partial charge in [-0.1, -0.05) is 0 Å². The molecule has 24 heteroatoms. The molecule has 0 aliphatic carbocycles. The van der Waals surface area contributed by atoms with Crippen LogP contribution in [0.5, 0.6) is 0 Å². The summed E-state index contributed by atoms with van der Waals surface area (Å²) in [6.07, 6.45) is -5.94. The van der Waals surface area contributed by atoms with Gasteiger partial charge in [0.15, 0.2) is 0 Å². The van der Waals surface area contributed by atoms with Gasteiger partial charge in [0.05, 0.1) is 12.2 Å². The second-order valence-electron chi connectivity index (χ2n) is 5.40. The maximum absolute atomic E-state index is 11.7. The average molecular weight is 508 g/mol. The van der Waals surface area contributed by atoms with Gasteiger partial charge in [0, 0.05) is 6.20 Å². The van der Waals surface area contributed by atoms with E-state index in [-0.39, 0.29) is 81.0 Å². The SMILES string of the molecule is [Li+].[Li+].[Li+].[Li+].[O]P(=O)([O-])OP(=O)([O-])OP(=O)([O-])OCC1O[C@H](c2c[nH]c(=O)[nH]c2=O)C(O)C1O. The summed E-state index contributed by atoms with van der Waals surface area (Å²) in [6, 6.07) is 0. The minimum absolute atomic E-state index is 0. The molecule has 1 radical (unpaired) electrons. The van der Waals surface area contributed by atoms with Crippen molar-refractivity contribution in [3.63, 3.8) is 0 Å². The average Bonchev–Trinajstić information content (AvgIpc) is 2.78. The molecule has 0 amide bonds. The Morgan fingerprint density at radius 2 is 1.52 bits per heavy atom. The van der Waals surface area contributed by atoms with E-state index in [4.69, 9.17) is 4.74 Å². The summed E-state index contributed by atoms with van der Waals surface area (Å²) in [4.78, 5) is 69.6. The van der Waals surface area contributed by atoms with Gasteiger partial charge in [-0.3, -0.25) is 23.5 Å². The monoisotopic (exact) mass is 508 g/mol. The first-order valence-corrected chi connectivity index (χ1v) is 11.5. The topological polar surface area (TPSA) is 283 Å². The second kappa shape index (κ2) is 14.9. The Kier molecular flexibility index (Phi) is 17.6. The minimum atomic E-state index is -6.17. The standard InChI is InChI=1S/C9H14N2O15P3.4Li/c12-5-4(2-23-28(19,20)26-29(21,22)25-27(16,17)18)24-7(6(5)13)3-1-10-9(15)11-8(3)14;;;;/h1,4-7,12-13H,2H2,(H,16,17)(H,19,20)(H,21,22)(H2,10,11,14,15);;;;/q;4*+1/p-3/t4?,5?,6?,7-;;;;/m1..../s1. The number of phosphoric ester groups is 1. The van der Waals surface area contributed by atoms with Crippen molar-refractivity contribution in [3.8, 4) is 0 Å². The molecule has 1 aliphatic rings. The van der Waals surface area contributed by atoms with Crippen LogP contribution in [0.15, 0.2) is 15.8 Å². The summed E-state index contributed by atoms with van der Waals surface area (Å²) in [6.45, 7) is -1.16. The van der Waals surface area contributed by atoms with Crippen LogP contribution in [-0.4, -0.2) is 45.1 Å². The van der Waals surface area contributed by atoms with Crippen LogP contribution >= 0.6 is 23.5 Å². The van der Waals surface area contributed by atoms with Crippen LogP contribution < -0.4 is 101 Å². The number of rotatable bonds is 8. The molecule has 17 nitrogen and oxygen atoms in total. The third-order valence-corrected chi connectivity index (χ3v) is 6.98. The van der Waals surface area contributed by atoms with Crippen LogP contribution in [0.3, 0.4) is 0 Å². The summed E-state index contributed by atoms with van der Waals surface area (Å²) in [7, 11) is -18.2. The van der Waals surface area contributed by atoms with Gasteiger partial charge < -0.3 is 39.1 Å². The van der Waals surface area contributed by atoms with E-state index in [1.807, 2.05) is 4.98 Å². The van der Waals surface area contributed by atoms with E-state index in [1.165, 1.54) is 0 Å². The number of aliphatic hydroxyl groups excluding tert-OH is 2. The molecule has 1 fully saturated rings. The molecule has 5 unspecified atom stereocenters. The quantitative estimate of drug-likeness (QED) is 0.187. The number of nitrogens with one attached hydrogen (secondary N) is 2. The van der Waals surface area contributed by atoms with Crippen LogP contribution in [-0.2, 0) is 36.5 Å². The summed E-state index contributed by atoms with van der Waals surface area (Å²) < 4.78 is 48.3. The van der Waals surface area contributed by atoms with Gasteiger partial charge in [-0.2, -0.15) is 4.89 Å². The molecule has 0 saturated carbocycles. The maximum atomic E-state index is 11.7. The van der Waals surface area contributed by atoms with Crippen LogP contribution in [0.2, 0.25) is 0 Å². The van der Waals surface area contributed by atoms with E-state index < -0.39 is 65.7 Å². The number of phosphoric acid groups is 2. The van der Waals surface area contributed by atoms with Gasteiger partial charge >= 0.3 is 89.0 Å². The summed E-state index contributed by atoms with van der Waals surface area (Å²) in [5, 5.41) is 19.8. The molecular formula is C9H11Li4N2O15P3+. The first-order valence-electron chi connectivity index (χ1n) is 7.15. The Morgan fingerprint density at radius 1 is 0.970 bits per heavy atom. The number of aromatic nitrogens is 2. The number of hydrogen-bond acceptors (Lipinski definition) is 14. The van der Waals surface area contributed by atoms with Gasteiger partial charge in [-0.15, -0.1) is 0 Å². The first-order chi connectivity index (χ1) is 13.1. The molecule has 2 heterocycles. The predicted molar refractivity (Wildman–Crippen MR) is 78.9 cm³/mol. The third-order valence-electron chi connectivity index (χ3n) is 3.31. The van der Waals surface area contributed by atoms with Crippen LogP contribution in [0.4, 0.5) is 0 Å². The maximum Gasteiger partial charge on any atom is 1.00 e. The van der Waals surface area contributed by atoms with Crippen molar-refractivity contribution in [2.45, 2.75) is 24.4 Å². The summed E-state index contributed by atoms with van der Waals surface area (Å²) >= 11 is 0. The zero-order valence-electron chi connectivity index (χ0n) is 17.6. The van der Waals surface area contributed by atoms with Crippen molar-refractivity contribution in [2.24, 2.45) is 0 Å². The van der Waals surface area contributed by atoms with Crippen molar-refractivity contribution in [1.29, 1.82) is 0 Å². The van der Waals surface area contributed by atoms with Crippen LogP contribution in [0, 0.1) is 0 Å². The molecule has 1 aromatic heterocycles. The van der Waals surface area contributed by atoms with Crippen LogP contribution in [0.1, 0.15) is 11.7 Å². The molecule has 1 saturated heterocycles. The molecule has 165 valence electrons. The molecule has 33 heavy (non-hydrogen) atoms. The Balaban J connectivity index is -0.00000225. The van der Waals surface area contributed by atoms with Gasteiger partial charge in [-0.25, -0.2) is 13.4 Å². The Morgan fingerprint density at radius 3 is 2.00 bits per heavy atom. The minimum Gasteiger partial charge on any atom is -0.756 e. The van der Waals surface area contributed by atoms with Crippen molar-refractivity contribution < 1.29 is 137 Å². The molecule has 0 spiro atoms. The molecule has 2 rings (SSSR count). The Hall–Kier alpha value is 1.36. The summed E-state index contributed by atoms with van der Waals surface area (Å²) in [5.74, 6) is 0. The molecule has 4 N–H and O–H groups in total. The predicted octanol–water partition coefficient (Wildman–Crippen LogP) is -15.9. The zero-order chi connectivity index (χ0) is 22.2. The normalized spacial score (nSPS) is 27.2. The van der Waals surface area contributed by atoms with Crippen molar-refractivity contribution in [1.82, 2.24) is 9.97 Å². The number of ether oxygens (including phenoxy) is 1. The van der Waals surface area contributed by atoms with Crippen molar-refractivity contribution >= 4 is 23.5 Å². The van der Waals surface area contributed by atoms with Gasteiger partial charge in [0.2, 0.25) is 0 Å². The third kappa shape index (κ3) is 12.0. The molecule has 1 aliphatic heterocycles. The van der Waals surface area contributed by atoms with Gasteiger partial charge in [-0.05, 0) is 0 Å². The van der Waals surface area contributed by atoms with E-state index in [1.54, 1.807) is 0 Å². The number of aromatic amines is 2. The molecular weight excluding hydrogens is 497 g/mol. The van der Waals surface area contributed by atoms with Gasteiger partial charge in [0.25, 0.3) is 21.2 Å². The Labute approximate surface area is 232 Å². The number of H-pyrrole nitrogens is 2. The van der Waals surface area contributed by atoms with Crippen LogP contribution in [0.25, 0.3) is 0 Å². The smallest absolute Gasteiger partial charge is 0.756 e. The fraction of sp³-hybridized carbons (Fsp3) is 0.556. The largest absolute Gasteiger partial charge is 1.00 e. The zero-order valence-corrected chi connectivity index (χ0v) is 20.3. The van der Waals surface area contributed by atoms with E-state index in [9.17, 15) is 53.1 Å². The number of aliphatic hydroxyl groups is 2. The fourth-order valence-corrected chi connectivity index (χ4v) is 5.09.